The minimum Gasteiger partial charge on any atom is -0.505 e. The highest BCUT2D eigenvalue weighted by atomic mass is 19.1. The molecule has 3 rings (SSSR count). The van der Waals surface area contributed by atoms with Gasteiger partial charge in [-0.25, -0.2) is 13.8 Å². The number of hydrogen-bond acceptors (Lipinski definition) is 5. The number of pyridine rings is 1. The maximum absolute atomic E-state index is 14.5. The van der Waals surface area contributed by atoms with Crippen molar-refractivity contribution in [1.29, 1.82) is 0 Å². The van der Waals surface area contributed by atoms with Gasteiger partial charge in [-0.15, -0.1) is 0 Å². The summed E-state index contributed by atoms with van der Waals surface area (Å²) in [4.78, 5) is 15.8. The van der Waals surface area contributed by atoms with E-state index in [0.717, 1.165) is 6.07 Å². The first-order chi connectivity index (χ1) is 12.5. The van der Waals surface area contributed by atoms with E-state index in [1.54, 1.807) is 13.0 Å². The van der Waals surface area contributed by atoms with Crippen LogP contribution in [0.1, 0.15) is 6.92 Å². The van der Waals surface area contributed by atoms with Crippen molar-refractivity contribution >= 4 is 22.6 Å². The number of aromatic hydroxyl groups is 1. The molecule has 2 aromatic carbocycles. The standard InChI is InChI=1S/C19H16F2N2O3/c1-2-26-17(25)10-23-19-12-4-3-5-14(20)18(12)13(9-22-19)11-6-7-16(24)15(21)8-11/h3-9,24H,2,10H2,1H3,(H,22,23). The molecule has 1 aromatic heterocycles. The number of anilines is 1. The molecule has 0 atom stereocenters. The van der Waals surface area contributed by atoms with Gasteiger partial charge in [0.05, 0.1) is 6.61 Å². The van der Waals surface area contributed by atoms with Crippen molar-refractivity contribution in [1.82, 2.24) is 4.98 Å². The monoisotopic (exact) mass is 358 g/mol. The number of halogens is 2. The smallest absolute Gasteiger partial charge is 0.325 e. The van der Waals surface area contributed by atoms with E-state index in [1.807, 2.05) is 0 Å². The summed E-state index contributed by atoms with van der Waals surface area (Å²) in [6.07, 6.45) is 1.39. The van der Waals surface area contributed by atoms with E-state index < -0.39 is 23.4 Å². The third-order valence-corrected chi connectivity index (χ3v) is 3.82. The Morgan fingerprint density at radius 1 is 1.23 bits per heavy atom. The van der Waals surface area contributed by atoms with Crippen LogP contribution >= 0.6 is 0 Å². The molecule has 0 spiro atoms. The van der Waals surface area contributed by atoms with E-state index in [2.05, 4.69) is 10.3 Å². The van der Waals surface area contributed by atoms with Gasteiger partial charge in [-0.1, -0.05) is 18.2 Å². The van der Waals surface area contributed by atoms with Crippen molar-refractivity contribution in [2.45, 2.75) is 6.92 Å². The summed E-state index contributed by atoms with van der Waals surface area (Å²) >= 11 is 0. The van der Waals surface area contributed by atoms with Crippen molar-refractivity contribution in [3.63, 3.8) is 0 Å². The van der Waals surface area contributed by atoms with Crippen LogP contribution in [-0.2, 0) is 9.53 Å². The van der Waals surface area contributed by atoms with Gasteiger partial charge in [0.2, 0.25) is 0 Å². The minimum absolute atomic E-state index is 0.111. The largest absolute Gasteiger partial charge is 0.505 e. The number of carbonyl (C=O) groups is 1. The molecule has 0 fully saturated rings. The molecule has 0 aliphatic rings. The SMILES string of the molecule is CCOC(=O)CNc1ncc(-c2ccc(O)c(F)c2)c2c(F)cccc12. The van der Waals surface area contributed by atoms with Crippen LogP contribution in [-0.4, -0.2) is 29.2 Å². The highest BCUT2D eigenvalue weighted by molar-refractivity contribution is 6.02. The van der Waals surface area contributed by atoms with Gasteiger partial charge in [0, 0.05) is 22.5 Å². The summed E-state index contributed by atoms with van der Waals surface area (Å²) < 4.78 is 33.1. The summed E-state index contributed by atoms with van der Waals surface area (Å²) in [5, 5.41) is 12.9. The molecule has 0 amide bonds. The number of carbonyl (C=O) groups excluding carboxylic acids is 1. The van der Waals surface area contributed by atoms with Gasteiger partial charge >= 0.3 is 5.97 Å². The number of fused-ring (bicyclic) bond motifs is 1. The maximum atomic E-state index is 14.5. The van der Waals surface area contributed by atoms with E-state index >= 15 is 0 Å². The van der Waals surface area contributed by atoms with Crippen molar-refractivity contribution in [2.24, 2.45) is 0 Å². The summed E-state index contributed by atoms with van der Waals surface area (Å²) in [6, 6.07) is 8.26. The zero-order valence-electron chi connectivity index (χ0n) is 13.9. The van der Waals surface area contributed by atoms with Crippen LogP contribution in [0.4, 0.5) is 14.6 Å². The average molecular weight is 358 g/mol. The Bertz CT molecular complexity index is 976. The minimum atomic E-state index is -0.809. The average Bonchev–Trinajstić information content (AvgIpc) is 2.62. The predicted molar refractivity (Wildman–Crippen MR) is 93.9 cm³/mol. The lowest BCUT2D eigenvalue weighted by molar-refractivity contribution is -0.140. The maximum Gasteiger partial charge on any atom is 0.325 e. The molecule has 3 aromatic rings. The van der Waals surface area contributed by atoms with Crippen LogP contribution in [0.3, 0.4) is 0 Å². The van der Waals surface area contributed by atoms with Gasteiger partial charge in [-0.2, -0.15) is 0 Å². The molecule has 0 aliphatic carbocycles. The normalized spacial score (nSPS) is 10.7. The van der Waals surface area contributed by atoms with E-state index in [0.29, 0.717) is 22.3 Å². The molecule has 5 nitrogen and oxygen atoms in total. The molecule has 1 heterocycles. The zero-order valence-corrected chi connectivity index (χ0v) is 13.9. The first-order valence-corrected chi connectivity index (χ1v) is 7.97. The topological polar surface area (TPSA) is 71.5 Å². The Hall–Kier alpha value is -3.22. The Labute approximate surface area is 148 Å². The number of nitrogens with zero attached hydrogens (tertiary/aromatic N) is 1. The number of rotatable bonds is 5. The van der Waals surface area contributed by atoms with Crippen molar-refractivity contribution in [3.8, 4) is 16.9 Å². The van der Waals surface area contributed by atoms with Crippen molar-refractivity contribution in [2.75, 3.05) is 18.5 Å². The Morgan fingerprint density at radius 2 is 2.04 bits per heavy atom. The van der Waals surface area contributed by atoms with Crippen molar-refractivity contribution < 1.29 is 23.4 Å². The molecular weight excluding hydrogens is 342 g/mol. The zero-order chi connectivity index (χ0) is 18.7. The molecule has 7 heteroatoms. The third kappa shape index (κ3) is 3.42. The summed E-state index contributed by atoms with van der Waals surface area (Å²) in [5.74, 6) is -1.94. The summed E-state index contributed by atoms with van der Waals surface area (Å²) in [7, 11) is 0. The second kappa shape index (κ2) is 7.35. The van der Waals surface area contributed by atoms with E-state index in [1.165, 1.54) is 30.5 Å². The van der Waals surface area contributed by atoms with Gasteiger partial charge in [-0.05, 0) is 30.7 Å². The van der Waals surface area contributed by atoms with E-state index in [9.17, 15) is 18.7 Å². The second-order valence-electron chi connectivity index (χ2n) is 5.51. The molecule has 0 unspecified atom stereocenters. The number of ether oxygens (including phenoxy) is 1. The molecule has 0 saturated heterocycles. The van der Waals surface area contributed by atoms with Crippen LogP contribution < -0.4 is 5.32 Å². The number of esters is 1. The molecule has 0 bridgehead atoms. The van der Waals surface area contributed by atoms with Crippen LogP contribution in [0.15, 0.2) is 42.6 Å². The number of phenolic OH excluding ortho intramolecular Hbond substituents is 1. The Morgan fingerprint density at radius 3 is 2.77 bits per heavy atom. The van der Waals surface area contributed by atoms with Crippen LogP contribution in [0.5, 0.6) is 5.75 Å². The number of hydrogen-bond donors (Lipinski definition) is 2. The van der Waals surface area contributed by atoms with Gasteiger partial charge < -0.3 is 15.2 Å². The first-order valence-electron chi connectivity index (χ1n) is 7.97. The van der Waals surface area contributed by atoms with Gasteiger partial charge in [0.25, 0.3) is 0 Å². The fourth-order valence-corrected chi connectivity index (χ4v) is 2.66. The molecular formula is C19H16F2N2O3. The number of phenols is 1. The lowest BCUT2D eigenvalue weighted by atomic mass is 9.99. The number of aromatic nitrogens is 1. The molecule has 2 N–H and O–H groups in total. The van der Waals surface area contributed by atoms with Gasteiger partial charge in [0.1, 0.15) is 18.2 Å². The fourth-order valence-electron chi connectivity index (χ4n) is 2.66. The summed E-state index contributed by atoms with van der Waals surface area (Å²) in [6.45, 7) is 1.85. The quantitative estimate of drug-likeness (QED) is 0.678. The number of benzene rings is 2. The predicted octanol–water partition coefficient (Wildman–Crippen LogP) is 3.86. The lowest BCUT2D eigenvalue weighted by Crippen LogP contribution is -2.17. The van der Waals surface area contributed by atoms with Crippen LogP contribution in [0.25, 0.3) is 21.9 Å². The fraction of sp³-hybridized carbons (Fsp3) is 0.158. The molecule has 26 heavy (non-hydrogen) atoms. The van der Waals surface area contributed by atoms with Crippen LogP contribution in [0, 0.1) is 11.6 Å². The van der Waals surface area contributed by atoms with E-state index in [-0.39, 0.29) is 18.5 Å². The Balaban J connectivity index is 2.08. The van der Waals surface area contributed by atoms with E-state index in [4.69, 9.17) is 4.74 Å². The summed E-state index contributed by atoms with van der Waals surface area (Å²) in [5.41, 5.74) is 0.749. The molecule has 134 valence electrons. The third-order valence-electron chi connectivity index (χ3n) is 3.82. The van der Waals surface area contributed by atoms with Crippen molar-refractivity contribution in [3.05, 3.63) is 54.2 Å². The van der Waals surface area contributed by atoms with Crippen LogP contribution in [0.2, 0.25) is 0 Å². The Kier molecular flexibility index (Phi) is 4.97. The van der Waals surface area contributed by atoms with Gasteiger partial charge in [0.15, 0.2) is 11.6 Å². The molecule has 0 radical (unpaired) electrons. The lowest BCUT2D eigenvalue weighted by Gasteiger charge is -2.13. The molecule has 0 aliphatic heterocycles. The highest BCUT2D eigenvalue weighted by Gasteiger charge is 2.15. The molecule has 0 saturated carbocycles. The van der Waals surface area contributed by atoms with Gasteiger partial charge in [-0.3, -0.25) is 4.79 Å². The second-order valence-corrected chi connectivity index (χ2v) is 5.51. The highest BCUT2D eigenvalue weighted by Crippen LogP contribution is 2.34. The number of nitrogens with one attached hydrogen (secondary N) is 1. The first kappa shape index (κ1) is 17.6.